The van der Waals surface area contributed by atoms with E-state index >= 15 is 0 Å². The molecule has 2 aromatic rings. The van der Waals surface area contributed by atoms with E-state index in [0.717, 1.165) is 36.1 Å². The van der Waals surface area contributed by atoms with Crippen LogP contribution in [-0.4, -0.2) is 31.8 Å². The van der Waals surface area contributed by atoms with Crippen molar-refractivity contribution in [2.75, 3.05) is 12.8 Å². The lowest BCUT2D eigenvalue weighted by atomic mass is 10.4. The summed E-state index contributed by atoms with van der Waals surface area (Å²) in [6, 6.07) is 4.01. The van der Waals surface area contributed by atoms with Crippen molar-refractivity contribution in [2.45, 2.75) is 26.2 Å². The molecule has 0 unspecified atom stereocenters. The maximum Gasteiger partial charge on any atom is 0.160 e. The first-order chi connectivity index (χ1) is 8.49. The molecule has 3 nitrogen and oxygen atoms in total. The van der Waals surface area contributed by atoms with Crippen LogP contribution in [0.25, 0.3) is 10.2 Å². The molecule has 0 spiro atoms. The number of hydrogen-bond acceptors (Lipinski definition) is 3. The Hall–Kier alpha value is -0.913. The minimum atomic E-state index is -1.11. The molecule has 5 heteroatoms. The summed E-state index contributed by atoms with van der Waals surface area (Å²) in [5, 5.41) is 0. The van der Waals surface area contributed by atoms with Crippen LogP contribution >= 0.6 is 11.3 Å². The van der Waals surface area contributed by atoms with E-state index in [0.29, 0.717) is 0 Å². The molecule has 0 amide bonds. The number of thiophene rings is 1. The van der Waals surface area contributed by atoms with Crippen molar-refractivity contribution in [2.24, 2.45) is 0 Å². The van der Waals surface area contributed by atoms with Crippen LogP contribution in [-0.2, 0) is 11.3 Å². The van der Waals surface area contributed by atoms with Gasteiger partial charge in [0.1, 0.15) is 0 Å². The average Bonchev–Trinajstić information content (AvgIpc) is 2.83. The Balaban J connectivity index is 1.95. The van der Waals surface area contributed by atoms with Crippen LogP contribution < -0.4 is 0 Å². The van der Waals surface area contributed by atoms with Crippen molar-refractivity contribution in [3.8, 4) is 0 Å². The van der Waals surface area contributed by atoms with Crippen molar-refractivity contribution >= 4 is 35.9 Å². The molecular formula is C13H19NO2SSi. The van der Waals surface area contributed by atoms with Crippen LogP contribution in [0.4, 0.5) is 0 Å². The van der Waals surface area contributed by atoms with E-state index < -0.39 is 8.07 Å². The number of nitrogens with zero attached hydrogens (tertiary/aromatic N) is 1. The van der Waals surface area contributed by atoms with Gasteiger partial charge in [-0.15, -0.1) is 11.3 Å². The molecule has 0 aliphatic rings. The predicted molar refractivity (Wildman–Crippen MR) is 79.4 cm³/mol. The van der Waals surface area contributed by atoms with Crippen molar-refractivity contribution in [1.29, 1.82) is 0 Å². The standard InChI is InChI=1S/C13H19NO2SSi/c1-18(2,3)10-16-7-6-14-5-4-13-12(14)8-11(9-15)17-13/h4-5,8-9H,6-7,10H2,1-3H3. The first-order valence-corrected chi connectivity index (χ1v) is 10.6. The van der Waals surface area contributed by atoms with Gasteiger partial charge in [0, 0.05) is 19.0 Å². The first kappa shape index (κ1) is 13.5. The minimum Gasteiger partial charge on any atom is -0.383 e. The van der Waals surface area contributed by atoms with Crippen LogP contribution in [0.1, 0.15) is 9.67 Å². The van der Waals surface area contributed by atoms with E-state index in [1.807, 2.05) is 6.07 Å². The molecule has 0 saturated carbocycles. The lowest BCUT2D eigenvalue weighted by Gasteiger charge is -2.15. The van der Waals surface area contributed by atoms with Crippen molar-refractivity contribution in [1.82, 2.24) is 4.57 Å². The van der Waals surface area contributed by atoms with E-state index in [-0.39, 0.29) is 0 Å². The summed E-state index contributed by atoms with van der Waals surface area (Å²) in [6.45, 7) is 8.49. The molecule has 98 valence electrons. The fraction of sp³-hybridized carbons (Fsp3) is 0.462. The molecule has 2 rings (SSSR count). The molecular weight excluding hydrogens is 262 g/mol. The largest absolute Gasteiger partial charge is 0.383 e. The van der Waals surface area contributed by atoms with Crippen LogP contribution in [0.15, 0.2) is 18.3 Å². The van der Waals surface area contributed by atoms with E-state index in [4.69, 9.17) is 4.74 Å². The van der Waals surface area contributed by atoms with Crippen molar-refractivity contribution in [3.63, 3.8) is 0 Å². The second-order valence-electron chi connectivity index (χ2n) is 5.64. The number of carbonyl (C=O) groups excluding carboxylic acids is 1. The van der Waals surface area contributed by atoms with Gasteiger partial charge in [-0.25, -0.2) is 0 Å². The molecule has 0 aliphatic heterocycles. The Morgan fingerprint density at radius 3 is 2.89 bits per heavy atom. The van der Waals surface area contributed by atoms with Gasteiger partial charge in [-0.05, 0) is 12.1 Å². The summed E-state index contributed by atoms with van der Waals surface area (Å²) in [7, 11) is -1.11. The smallest absolute Gasteiger partial charge is 0.160 e. The highest BCUT2D eigenvalue weighted by atomic mass is 32.1. The van der Waals surface area contributed by atoms with Gasteiger partial charge in [-0.2, -0.15) is 0 Å². The van der Waals surface area contributed by atoms with Crippen LogP contribution in [0.2, 0.25) is 19.6 Å². The van der Waals surface area contributed by atoms with Gasteiger partial charge in [-0.3, -0.25) is 4.79 Å². The van der Waals surface area contributed by atoms with Gasteiger partial charge >= 0.3 is 0 Å². The second kappa shape index (κ2) is 5.38. The minimum absolute atomic E-state index is 0.736. The normalized spacial score (nSPS) is 12.2. The number of rotatable bonds is 6. The highest BCUT2D eigenvalue weighted by Crippen LogP contribution is 2.25. The number of fused-ring (bicyclic) bond motifs is 1. The third kappa shape index (κ3) is 3.31. The molecule has 0 fully saturated rings. The zero-order chi connectivity index (χ0) is 13.2. The van der Waals surface area contributed by atoms with Gasteiger partial charge in [0.05, 0.1) is 29.8 Å². The van der Waals surface area contributed by atoms with Gasteiger partial charge in [0.15, 0.2) is 6.29 Å². The third-order valence-corrected chi connectivity index (χ3v) is 4.69. The summed E-state index contributed by atoms with van der Waals surface area (Å²) in [5.41, 5.74) is 1.14. The van der Waals surface area contributed by atoms with Crippen molar-refractivity contribution in [3.05, 3.63) is 23.2 Å². The monoisotopic (exact) mass is 281 g/mol. The molecule has 0 atom stereocenters. The first-order valence-electron chi connectivity index (χ1n) is 6.11. The summed E-state index contributed by atoms with van der Waals surface area (Å²) in [4.78, 5) is 11.5. The second-order valence-corrected chi connectivity index (χ2v) is 12.2. The van der Waals surface area contributed by atoms with E-state index in [1.54, 1.807) is 0 Å². The number of aromatic nitrogens is 1. The molecule has 0 bridgehead atoms. The summed E-state index contributed by atoms with van der Waals surface area (Å²) in [5.74, 6) is 0. The van der Waals surface area contributed by atoms with Crippen molar-refractivity contribution < 1.29 is 9.53 Å². The van der Waals surface area contributed by atoms with E-state index in [1.165, 1.54) is 16.0 Å². The van der Waals surface area contributed by atoms with E-state index in [9.17, 15) is 4.79 Å². The zero-order valence-electron chi connectivity index (χ0n) is 11.1. The maximum atomic E-state index is 10.7. The molecule has 0 aromatic carbocycles. The quantitative estimate of drug-likeness (QED) is 0.461. The number of carbonyl (C=O) groups is 1. The van der Waals surface area contributed by atoms with E-state index in [2.05, 4.69) is 36.5 Å². The Bertz CT molecular complexity index is 539. The van der Waals surface area contributed by atoms with Crippen LogP contribution in [0.5, 0.6) is 0 Å². The topological polar surface area (TPSA) is 31.2 Å². The lowest BCUT2D eigenvalue weighted by Crippen LogP contribution is -2.28. The fourth-order valence-corrected chi connectivity index (χ4v) is 3.43. The Labute approximate surface area is 112 Å². The Morgan fingerprint density at radius 2 is 2.22 bits per heavy atom. The highest BCUT2D eigenvalue weighted by molar-refractivity contribution is 7.20. The number of aldehydes is 1. The fourth-order valence-electron chi connectivity index (χ4n) is 1.79. The van der Waals surface area contributed by atoms with Gasteiger partial charge in [-0.1, -0.05) is 19.6 Å². The number of hydrogen-bond donors (Lipinski definition) is 0. The molecule has 0 saturated heterocycles. The zero-order valence-corrected chi connectivity index (χ0v) is 12.9. The summed E-state index contributed by atoms with van der Waals surface area (Å²) < 4.78 is 9.05. The molecule has 18 heavy (non-hydrogen) atoms. The van der Waals surface area contributed by atoms with Gasteiger partial charge in [0.2, 0.25) is 0 Å². The van der Waals surface area contributed by atoms with Gasteiger partial charge in [0.25, 0.3) is 0 Å². The SMILES string of the molecule is C[Si](C)(C)COCCn1ccc2sc(C=O)cc21. The number of ether oxygens (including phenoxy) is 1. The Morgan fingerprint density at radius 1 is 1.44 bits per heavy atom. The van der Waals surface area contributed by atoms with Crippen LogP contribution in [0, 0.1) is 0 Å². The average molecular weight is 281 g/mol. The lowest BCUT2D eigenvalue weighted by molar-refractivity contribution is 0.112. The van der Waals surface area contributed by atoms with Gasteiger partial charge < -0.3 is 9.30 Å². The summed E-state index contributed by atoms with van der Waals surface area (Å²) in [6.07, 6.45) is 3.88. The summed E-state index contributed by atoms with van der Waals surface area (Å²) >= 11 is 1.54. The molecule has 0 aliphatic carbocycles. The Kier molecular flexibility index (Phi) is 4.04. The van der Waals surface area contributed by atoms with Crippen LogP contribution in [0.3, 0.4) is 0 Å². The maximum absolute atomic E-state index is 10.7. The molecule has 2 aromatic heterocycles. The molecule has 0 radical (unpaired) electrons. The third-order valence-electron chi connectivity index (χ3n) is 2.60. The molecule has 2 heterocycles. The highest BCUT2D eigenvalue weighted by Gasteiger charge is 2.13. The molecule has 0 N–H and O–H groups in total. The predicted octanol–water partition coefficient (Wildman–Crippen LogP) is 3.41.